The molecule has 0 bridgehead atoms. The fourth-order valence-corrected chi connectivity index (χ4v) is 2.41. The number of aryl methyl sites for hydroxylation is 1. The van der Waals surface area contributed by atoms with Crippen molar-refractivity contribution >= 4 is 10.9 Å². The van der Waals surface area contributed by atoms with Crippen molar-refractivity contribution in [2.75, 3.05) is 0 Å². The molecule has 0 fully saturated rings. The number of hydrogen-bond acceptors (Lipinski definition) is 0. The van der Waals surface area contributed by atoms with E-state index in [1.165, 1.54) is 27.6 Å². The van der Waals surface area contributed by atoms with Crippen molar-refractivity contribution in [2.45, 2.75) is 13.3 Å². The van der Waals surface area contributed by atoms with E-state index in [0.29, 0.717) is 0 Å². The van der Waals surface area contributed by atoms with Crippen LogP contribution in [0.1, 0.15) is 16.7 Å². The molecule has 1 heterocycles. The summed E-state index contributed by atoms with van der Waals surface area (Å²) in [4.78, 5) is 3.31. The van der Waals surface area contributed by atoms with Gasteiger partial charge in [-0.15, -0.1) is 0 Å². The van der Waals surface area contributed by atoms with Crippen LogP contribution in [0.15, 0.2) is 54.7 Å². The summed E-state index contributed by atoms with van der Waals surface area (Å²) in [5.41, 5.74) is 5.32. The Morgan fingerprint density at radius 1 is 0.941 bits per heavy atom. The van der Waals surface area contributed by atoms with Crippen molar-refractivity contribution < 1.29 is 0 Å². The van der Waals surface area contributed by atoms with Crippen molar-refractivity contribution in [3.8, 4) is 0 Å². The smallest absolute Gasteiger partial charge is 0.0459 e. The molecule has 1 nitrogen and oxygen atoms in total. The second-order valence-corrected chi connectivity index (χ2v) is 4.47. The summed E-state index contributed by atoms with van der Waals surface area (Å²) in [6.45, 7) is 2.16. The quantitative estimate of drug-likeness (QED) is 0.671. The highest BCUT2D eigenvalue weighted by Gasteiger charge is 2.05. The van der Waals surface area contributed by atoms with E-state index in [1.807, 2.05) is 0 Å². The highest BCUT2D eigenvalue weighted by Crippen LogP contribution is 2.24. The first-order valence-corrected chi connectivity index (χ1v) is 5.94. The van der Waals surface area contributed by atoms with Crippen LogP contribution in [-0.4, -0.2) is 4.98 Å². The van der Waals surface area contributed by atoms with Crippen LogP contribution >= 0.6 is 0 Å². The highest BCUT2D eigenvalue weighted by atomic mass is 14.7. The number of aromatic amines is 1. The minimum absolute atomic E-state index is 0.997. The predicted molar refractivity (Wildman–Crippen MR) is 72.3 cm³/mol. The van der Waals surface area contributed by atoms with Gasteiger partial charge in [0.15, 0.2) is 0 Å². The fraction of sp³-hybridized carbons (Fsp3) is 0.125. The molecule has 0 amide bonds. The van der Waals surface area contributed by atoms with E-state index in [4.69, 9.17) is 0 Å². The first kappa shape index (κ1) is 10.2. The summed E-state index contributed by atoms with van der Waals surface area (Å²) < 4.78 is 0. The van der Waals surface area contributed by atoms with Gasteiger partial charge >= 0.3 is 0 Å². The lowest BCUT2D eigenvalue weighted by Crippen LogP contribution is -1.89. The van der Waals surface area contributed by atoms with E-state index >= 15 is 0 Å². The molecule has 0 unspecified atom stereocenters. The standard InChI is InChI=1S/C16H15N/c1-12-11-17-15-9-5-8-14(16(12)15)10-13-6-3-2-4-7-13/h2-9,11,17H,10H2,1H3. The predicted octanol–water partition coefficient (Wildman–Crippen LogP) is 4.07. The number of fused-ring (bicyclic) bond motifs is 1. The van der Waals surface area contributed by atoms with E-state index in [9.17, 15) is 0 Å². The first-order chi connectivity index (χ1) is 8.34. The van der Waals surface area contributed by atoms with Gasteiger partial charge in [0.1, 0.15) is 0 Å². The van der Waals surface area contributed by atoms with Crippen LogP contribution in [0.2, 0.25) is 0 Å². The van der Waals surface area contributed by atoms with E-state index in [0.717, 1.165) is 6.42 Å². The normalized spacial score (nSPS) is 10.9. The molecule has 0 aliphatic heterocycles. The van der Waals surface area contributed by atoms with E-state index < -0.39 is 0 Å². The average Bonchev–Trinajstić information content (AvgIpc) is 2.74. The lowest BCUT2D eigenvalue weighted by atomic mass is 10.00. The number of H-pyrrole nitrogens is 1. The van der Waals surface area contributed by atoms with Gasteiger partial charge in [0.2, 0.25) is 0 Å². The Hall–Kier alpha value is -2.02. The Morgan fingerprint density at radius 2 is 1.76 bits per heavy atom. The Balaban J connectivity index is 2.09. The number of rotatable bonds is 2. The van der Waals surface area contributed by atoms with Gasteiger partial charge in [0.05, 0.1) is 0 Å². The zero-order valence-corrected chi connectivity index (χ0v) is 9.90. The van der Waals surface area contributed by atoms with Crippen molar-refractivity contribution in [1.29, 1.82) is 0 Å². The Kier molecular flexibility index (Phi) is 2.45. The Labute approximate surface area is 101 Å². The summed E-state index contributed by atoms with van der Waals surface area (Å²) >= 11 is 0. The van der Waals surface area contributed by atoms with Crippen LogP contribution in [0.4, 0.5) is 0 Å². The van der Waals surface area contributed by atoms with Crippen molar-refractivity contribution in [1.82, 2.24) is 4.98 Å². The summed E-state index contributed by atoms with van der Waals surface area (Å²) in [6, 6.07) is 17.1. The molecular weight excluding hydrogens is 206 g/mol. The van der Waals surface area contributed by atoms with Crippen LogP contribution in [-0.2, 0) is 6.42 Å². The van der Waals surface area contributed by atoms with Crippen LogP contribution in [0.25, 0.3) is 10.9 Å². The molecule has 0 aliphatic carbocycles. The summed E-state index contributed by atoms with van der Waals surface area (Å²) in [5, 5.41) is 1.37. The van der Waals surface area contributed by atoms with Gasteiger partial charge in [-0.05, 0) is 36.1 Å². The van der Waals surface area contributed by atoms with Crippen molar-refractivity contribution in [3.63, 3.8) is 0 Å². The lowest BCUT2D eigenvalue weighted by Gasteiger charge is -2.04. The molecule has 84 valence electrons. The molecule has 3 rings (SSSR count). The van der Waals surface area contributed by atoms with Crippen LogP contribution in [0.3, 0.4) is 0 Å². The molecule has 17 heavy (non-hydrogen) atoms. The molecule has 0 atom stereocenters. The molecule has 1 N–H and O–H groups in total. The monoisotopic (exact) mass is 221 g/mol. The highest BCUT2D eigenvalue weighted by molar-refractivity contribution is 5.86. The van der Waals surface area contributed by atoms with Crippen molar-refractivity contribution in [2.24, 2.45) is 0 Å². The molecule has 0 spiro atoms. The molecule has 1 heteroatoms. The average molecular weight is 221 g/mol. The minimum atomic E-state index is 0.997. The third-order valence-corrected chi connectivity index (χ3v) is 3.23. The Morgan fingerprint density at radius 3 is 2.59 bits per heavy atom. The Bertz CT molecular complexity index is 635. The maximum absolute atomic E-state index is 3.31. The number of benzene rings is 2. The molecule has 3 aromatic rings. The number of nitrogens with one attached hydrogen (secondary N) is 1. The maximum atomic E-state index is 3.31. The van der Waals surface area contributed by atoms with Gasteiger partial charge in [-0.3, -0.25) is 0 Å². The van der Waals surface area contributed by atoms with Gasteiger partial charge in [-0.2, -0.15) is 0 Å². The fourth-order valence-electron chi connectivity index (χ4n) is 2.41. The summed E-state index contributed by atoms with van der Waals surface area (Å²) in [5.74, 6) is 0. The molecular formula is C16H15N. The number of hydrogen-bond donors (Lipinski definition) is 1. The zero-order chi connectivity index (χ0) is 11.7. The van der Waals surface area contributed by atoms with Gasteiger partial charge < -0.3 is 4.98 Å². The molecule has 0 saturated heterocycles. The maximum Gasteiger partial charge on any atom is 0.0459 e. The SMILES string of the molecule is Cc1c[nH]c2cccc(Cc3ccccc3)c12. The third kappa shape index (κ3) is 1.84. The first-order valence-electron chi connectivity index (χ1n) is 5.94. The van der Waals surface area contributed by atoms with Crippen molar-refractivity contribution in [3.05, 3.63) is 71.4 Å². The van der Waals surface area contributed by atoms with E-state index in [1.54, 1.807) is 0 Å². The van der Waals surface area contributed by atoms with E-state index in [-0.39, 0.29) is 0 Å². The van der Waals surface area contributed by atoms with Gasteiger partial charge in [-0.1, -0.05) is 42.5 Å². The molecule has 1 aromatic heterocycles. The van der Waals surface area contributed by atoms with Crippen LogP contribution < -0.4 is 0 Å². The van der Waals surface area contributed by atoms with Crippen LogP contribution in [0.5, 0.6) is 0 Å². The second kappa shape index (κ2) is 4.10. The zero-order valence-electron chi connectivity index (χ0n) is 9.90. The van der Waals surface area contributed by atoms with Gasteiger partial charge in [0.25, 0.3) is 0 Å². The molecule has 0 radical (unpaired) electrons. The molecule has 0 saturated carbocycles. The third-order valence-electron chi connectivity index (χ3n) is 3.23. The summed E-state index contributed by atoms with van der Waals surface area (Å²) in [6.07, 6.45) is 3.08. The topological polar surface area (TPSA) is 15.8 Å². The summed E-state index contributed by atoms with van der Waals surface area (Å²) in [7, 11) is 0. The van der Waals surface area contributed by atoms with Crippen LogP contribution in [0, 0.1) is 6.92 Å². The number of aromatic nitrogens is 1. The molecule has 2 aromatic carbocycles. The molecule has 0 aliphatic rings. The minimum Gasteiger partial charge on any atom is -0.361 e. The largest absolute Gasteiger partial charge is 0.361 e. The van der Waals surface area contributed by atoms with E-state index in [2.05, 4.69) is 66.6 Å². The van der Waals surface area contributed by atoms with Gasteiger partial charge in [-0.25, -0.2) is 0 Å². The lowest BCUT2D eigenvalue weighted by molar-refractivity contribution is 1.21. The second-order valence-electron chi connectivity index (χ2n) is 4.47. The van der Waals surface area contributed by atoms with Gasteiger partial charge in [0, 0.05) is 17.1 Å².